The topological polar surface area (TPSA) is 59.1 Å². The quantitative estimate of drug-likeness (QED) is 0.573. The van der Waals surface area contributed by atoms with Gasteiger partial charge in [0, 0.05) is 17.8 Å². The average Bonchev–Trinajstić information content (AvgIpc) is 3.13. The molecule has 3 atom stereocenters. The van der Waals surface area contributed by atoms with E-state index in [2.05, 4.69) is 10.3 Å². The lowest BCUT2D eigenvalue weighted by Crippen LogP contribution is -2.50. The first kappa shape index (κ1) is 21.2. The number of hydrogen-bond acceptors (Lipinski definition) is 4. The van der Waals surface area contributed by atoms with Crippen molar-refractivity contribution in [1.82, 2.24) is 10.3 Å². The monoisotopic (exact) mass is 446 g/mol. The van der Waals surface area contributed by atoms with Crippen LogP contribution in [0.15, 0.2) is 41.4 Å². The molecule has 1 fully saturated rings. The molecular weight excluding hydrogens is 427 g/mol. The summed E-state index contributed by atoms with van der Waals surface area (Å²) in [5, 5.41) is 3.15. The zero-order valence-corrected chi connectivity index (χ0v) is 16.7. The van der Waals surface area contributed by atoms with Gasteiger partial charge in [-0.15, -0.1) is 0 Å². The van der Waals surface area contributed by atoms with Crippen molar-refractivity contribution >= 4 is 9.84 Å². The molecule has 3 unspecified atom stereocenters. The third kappa shape index (κ3) is 2.87. The number of hydrogen-bond donors (Lipinski definition) is 1. The Balaban J connectivity index is 1.89. The fraction of sp³-hybridized carbons (Fsp3) is 0.450. The Kier molecular flexibility index (Phi) is 4.74. The number of nitrogens with one attached hydrogen (secondary N) is 1. The summed E-state index contributed by atoms with van der Waals surface area (Å²) < 4.78 is 93.0. The molecule has 4 nitrogen and oxygen atoms in total. The predicted octanol–water partition coefficient (Wildman–Crippen LogP) is 3.95. The van der Waals surface area contributed by atoms with Crippen molar-refractivity contribution in [1.29, 1.82) is 0 Å². The highest BCUT2D eigenvalue weighted by Crippen LogP contribution is 2.50. The summed E-state index contributed by atoms with van der Waals surface area (Å²) in [6, 6.07) is 4.99. The fourth-order valence-electron chi connectivity index (χ4n) is 4.47. The van der Waals surface area contributed by atoms with Crippen LogP contribution in [-0.4, -0.2) is 32.2 Å². The molecule has 0 radical (unpaired) electrons. The van der Waals surface area contributed by atoms with Gasteiger partial charge in [0.25, 0.3) is 0 Å². The molecule has 1 aromatic carbocycles. The van der Waals surface area contributed by atoms with E-state index in [1.165, 1.54) is 12.1 Å². The number of sulfone groups is 1. The number of rotatable bonds is 3. The largest absolute Gasteiger partial charge is 0.426 e. The van der Waals surface area contributed by atoms with E-state index < -0.39 is 43.9 Å². The average molecular weight is 446 g/mol. The van der Waals surface area contributed by atoms with E-state index >= 15 is 0 Å². The van der Waals surface area contributed by atoms with Crippen molar-refractivity contribution < 1.29 is 30.4 Å². The molecule has 10 heteroatoms. The number of fused-ring (bicyclic) bond motifs is 3. The van der Waals surface area contributed by atoms with E-state index in [4.69, 9.17) is 0 Å². The second-order valence-corrected chi connectivity index (χ2v) is 10.1. The van der Waals surface area contributed by atoms with Crippen molar-refractivity contribution in [3.8, 4) is 0 Å². The summed E-state index contributed by atoms with van der Waals surface area (Å²) in [4.78, 5) is 3.99. The summed E-state index contributed by atoms with van der Waals surface area (Å²) in [6.45, 7) is 0.793. The molecular formula is C20H19F5N2O2S. The first-order chi connectivity index (χ1) is 13.9. The molecule has 0 bridgehead atoms. The highest BCUT2D eigenvalue weighted by molar-refractivity contribution is 7.92. The maximum Gasteiger partial charge on any atom is 0.426 e. The van der Waals surface area contributed by atoms with E-state index in [-0.39, 0.29) is 29.0 Å². The maximum absolute atomic E-state index is 14.5. The number of benzene rings is 1. The zero-order valence-electron chi connectivity index (χ0n) is 15.9. The van der Waals surface area contributed by atoms with Gasteiger partial charge in [0.15, 0.2) is 9.84 Å². The molecule has 0 saturated carbocycles. The van der Waals surface area contributed by atoms with Crippen LogP contribution in [0.4, 0.5) is 22.0 Å². The van der Waals surface area contributed by atoms with E-state index in [0.717, 1.165) is 24.4 Å². The summed E-state index contributed by atoms with van der Waals surface area (Å²) in [5.74, 6) is -0.589. The Morgan fingerprint density at radius 2 is 1.83 bits per heavy atom. The highest BCUT2D eigenvalue weighted by Gasteiger charge is 2.59. The SMILES string of the molecule is CC(F)(c1cnc2c(c1)CCC1NCCC21S(=O)(=O)c1ccc(F)cc1)C(F)(F)F. The predicted molar refractivity (Wildman–Crippen MR) is 98.7 cm³/mol. The van der Waals surface area contributed by atoms with Crippen LogP contribution in [0.2, 0.25) is 0 Å². The van der Waals surface area contributed by atoms with Crippen molar-refractivity contribution in [2.45, 2.75) is 53.7 Å². The summed E-state index contributed by atoms with van der Waals surface area (Å²) >= 11 is 0. The highest BCUT2D eigenvalue weighted by atomic mass is 32.2. The van der Waals surface area contributed by atoms with Gasteiger partial charge in [0.05, 0.1) is 10.6 Å². The zero-order chi connectivity index (χ0) is 21.9. The molecule has 0 amide bonds. The van der Waals surface area contributed by atoms with Gasteiger partial charge in [-0.25, -0.2) is 17.2 Å². The van der Waals surface area contributed by atoms with Crippen LogP contribution in [0.3, 0.4) is 0 Å². The number of aryl methyl sites for hydroxylation is 1. The van der Waals surface area contributed by atoms with Gasteiger partial charge in [0.2, 0.25) is 5.67 Å². The van der Waals surface area contributed by atoms with E-state index in [1.807, 2.05) is 0 Å². The number of pyridine rings is 1. The second-order valence-electron chi connectivity index (χ2n) is 7.87. The van der Waals surface area contributed by atoms with Gasteiger partial charge in [-0.3, -0.25) is 4.98 Å². The molecule has 0 spiro atoms. The minimum Gasteiger partial charge on any atom is -0.312 e. The molecule has 162 valence electrons. The first-order valence-corrected chi connectivity index (χ1v) is 10.9. The molecule has 4 rings (SSSR count). The van der Waals surface area contributed by atoms with Crippen molar-refractivity contribution in [2.24, 2.45) is 0 Å². The maximum atomic E-state index is 14.5. The van der Waals surface area contributed by atoms with Crippen molar-refractivity contribution in [3.63, 3.8) is 0 Å². The minimum absolute atomic E-state index is 0.0954. The molecule has 1 saturated heterocycles. The van der Waals surface area contributed by atoms with Gasteiger partial charge < -0.3 is 5.32 Å². The van der Waals surface area contributed by atoms with Crippen LogP contribution in [0.5, 0.6) is 0 Å². The molecule has 30 heavy (non-hydrogen) atoms. The van der Waals surface area contributed by atoms with Gasteiger partial charge in [-0.05, 0) is 68.6 Å². The van der Waals surface area contributed by atoms with Gasteiger partial charge in [0.1, 0.15) is 10.6 Å². The molecule has 2 heterocycles. The van der Waals surface area contributed by atoms with E-state index in [1.54, 1.807) is 0 Å². The molecule has 2 aromatic rings. The smallest absolute Gasteiger partial charge is 0.312 e. The van der Waals surface area contributed by atoms with Crippen molar-refractivity contribution in [2.75, 3.05) is 6.54 Å². The third-order valence-electron chi connectivity index (χ3n) is 6.20. The number of nitrogens with zero attached hydrogens (tertiary/aromatic N) is 1. The van der Waals surface area contributed by atoms with Gasteiger partial charge in [-0.1, -0.05) is 0 Å². The number of aromatic nitrogens is 1. The molecule has 1 aromatic heterocycles. The van der Waals surface area contributed by atoms with Crippen molar-refractivity contribution in [3.05, 3.63) is 59.2 Å². The molecule has 1 N–H and O–H groups in total. The number of halogens is 5. The van der Waals surface area contributed by atoms with Crippen LogP contribution in [-0.2, 0) is 26.7 Å². The van der Waals surface area contributed by atoms with E-state index in [0.29, 0.717) is 19.9 Å². The fourth-order valence-corrected chi connectivity index (χ4v) is 6.76. The summed E-state index contributed by atoms with van der Waals surface area (Å²) in [7, 11) is -4.07. The lowest BCUT2D eigenvalue weighted by Gasteiger charge is -2.39. The second kappa shape index (κ2) is 6.71. The van der Waals surface area contributed by atoms with Crippen LogP contribution >= 0.6 is 0 Å². The van der Waals surface area contributed by atoms with E-state index in [9.17, 15) is 30.4 Å². The molecule has 2 aliphatic rings. The van der Waals surface area contributed by atoms with Crippen LogP contribution in [0.25, 0.3) is 0 Å². The van der Waals surface area contributed by atoms with Crippen LogP contribution in [0.1, 0.15) is 36.6 Å². The third-order valence-corrected chi connectivity index (χ3v) is 8.73. The van der Waals surface area contributed by atoms with Crippen LogP contribution in [0, 0.1) is 5.82 Å². The molecule has 1 aliphatic heterocycles. The van der Waals surface area contributed by atoms with Gasteiger partial charge in [-0.2, -0.15) is 13.2 Å². The Morgan fingerprint density at radius 1 is 1.17 bits per heavy atom. The Hall–Kier alpha value is -2.07. The first-order valence-electron chi connectivity index (χ1n) is 9.40. The lowest BCUT2D eigenvalue weighted by molar-refractivity contribution is -0.228. The molecule has 1 aliphatic carbocycles. The Morgan fingerprint density at radius 3 is 2.47 bits per heavy atom. The van der Waals surface area contributed by atoms with Crippen LogP contribution < -0.4 is 5.32 Å². The summed E-state index contributed by atoms with van der Waals surface area (Å²) in [6.07, 6.45) is -3.60. The minimum atomic E-state index is -5.13. The summed E-state index contributed by atoms with van der Waals surface area (Å²) in [5.41, 5.74) is -3.85. The van der Waals surface area contributed by atoms with Gasteiger partial charge >= 0.3 is 6.18 Å². The number of alkyl halides is 4. The lowest BCUT2D eigenvalue weighted by atomic mass is 9.81. The normalized spacial score (nSPS) is 26.0. The Labute approximate surface area is 170 Å². The standard InChI is InChI=1S/C20H19F5N2O2S/c1-18(22,20(23,24)25)13-10-12-2-7-16-19(8-9-26-16,17(12)27-11-13)30(28,29)15-5-3-14(21)4-6-15/h3-6,10-11,16,26H,2,7-9H2,1H3. The Bertz CT molecular complexity index is 1080.